The van der Waals surface area contributed by atoms with E-state index in [0.29, 0.717) is 35.7 Å². The molecule has 0 nitrogen and oxygen atoms in total. The lowest BCUT2D eigenvalue weighted by Crippen LogP contribution is -2.53. The Morgan fingerprint density at radius 3 is 0.753 bits per heavy atom. The van der Waals surface area contributed by atoms with Crippen LogP contribution in [-0.2, 0) is 16.2 Å². The van der Waals surface area contributed by atoms with Crippen LogP contribution in [0, 0.1) is 0 Å². The minimum atomic E-state index is -6.34. The highest BCUT2D eigenvalue weighted by atomic mass is 19.4. The molecular weight excluding hydrogens is 1000 g/mol. The summed E-state index contributed by atoms with van der Waals surface area (Å²) in [5.74, 6) is 0. The summed E-state index contributed by atoms with van der Waals surface area (Å²) >= 11 is 0. The molecule has 0 atom stereocenters. The van der Waals surface area contributed by atoms with E-state index >= 15 is 52.7 Å². The quantitative estimate of drug-likeness (QED) is 0.155. The third kappa shape index (κ3) is 6.20. The molecule has 0 saturated carbocycles. The third-order valence-corrected chi connectivity index (χ3v) is 14.6. The van der Waals surface area contributed by atoms with E-state index in [2.05, 4.69) is 0 Å². The predicted molar refractivity (Wildman–Crippen MR) is 235 cm³/mol. The van der Waals surface area contributed by atoms with Gasteiger partial charge in [0.15, 0.2) is 0 Å². The summed E-state index contributed by atoms with van der Waals surface area (Å²) < 4.78 is 278. The molecule has 0 unspecified atom stereocenters. The van der Waals surface area contributed by atoms with Crippen molar-refractivity contribution in [2.45, 2.75) is 53.3 Å². The first-order valence-corrected chi connectivity index (χ1v) is 21.7. The first-order valence-electron chi connectivity index (χ1n) is 21.7. The molecule has 0 radical (unpaired) electrons. The van der Waals surface area contributed by atoms with E-state index in [1.165, 1.54) is 18.2 Å². The Morgan fingerprint density at radius 2 is 0.438 bits per heavy atom. The molecule has 0 spiro atoms. The second-order valence-electron chi connectivity index (χ2n) is 18.1. The minimum Gasteiger partial charge on any atom is -0.169 e. The average molecular weight is 1030 g/mol. The molecule has 8 aromatic rings. The molecule has 0 N–H and O–H groups in total. The molecule has 0 heterocycles. The summed E-state index contributed by atoms with van der Waals surface area (Å²) in [6.45, 7) is 0. The monoisotopic (exact) mass is 1030 g/mol. The van der Waals surface area contributed by atoms with Crippen molar-refractivity contribution in [2.75, 3.05) is 0 Å². The fraction of sp³-hybridized carbons (Fsp3) is 0.164. The van der Waals surface area contributed by atoms with Crippen molar-refractivity contribution in [3.8, 4) is 66.8 Å². The van der Waals surface area contributed by atoms with E-state index in [1.54, 1.807) is 36.4 Å². The predicted octanol–water partition coefficient (Wildman–Crippen LogP) is 18.0. The van der Waals surface area contributed by atoms with Gasteiger partial charge in [0.05, 0.1) is 0 Å². The Kier molecular flexibility index (Phi) is 9.83. The lowest BCUT2D eigenvalue weighted by Gasteiger charge is -2.36. The van der Waals surface area contributed by atoms with Crippen molar-refractivity contribution in [3.63, 3.8) is 0 Å². The normalized spacial score (nSPS) is 16.4. The van der Waals surface area contributed by atoms with E-state index in [4.69, 9.17) is 0 Å². The molecule has 8 aromatic carbocycles. The number of alkyl halides is 18. The van der Waals surface area contributed by atoms with Gasteiger partial charge in [-0.2, -0.15) is 79.0 Å². The number of halogens is 18. The molecular formula is C55H26F18. The first-order chi connectivity index (χ1) is 34.0. The zero-order valence-electron chi connectivity index (χ0n) is 36.3. The summed E-state index contributed by atoms with van der Waals surface area (Å²) in [5, 5.41) is 1.35. The van der Waals surface area contributed by atoms with Crippen LogP contribution in [0.25, 0.3) is 77.5 Å². The number of hydrogen-bond acceptors (Lipinski definition) is 0. The van der Waals surface area contributed by atoms with Gasteiger partial charge in [0.25, 0.3) is 0 Å². The SMILES string of the molecule is FC(F)(F)C1(C(F)(F)F)c2ccccc2-c2ccc(-c3ccc4c(c3)C(C(F)(F)F)(C(F)(F)F)c3cc(-c5ccc6c(c5)C(C(F)(F)F)(C(F)(F)F)c5cc(-c7ccc8ccccc8c7)ccc5-6)ccc3-4)cc21. The van der Waals surface area contributed by atoms with Gasteiger partial charge in [-0.3, -0.25) is 0 Å². The topological polar surface area (TPSA) is 0 Å². The van der Waals surface area contributed by atoms with Gasteiger partial charge in [0, 0.05) is 0 Å². The Balaban J connectivity index is 1.07. The molecule has 0 bridgehead atoms. The maximum absolute atomic E-state index is 15.7. The maximum atomic E-state index is 15.7. The van der Waals surface area contributed by atoms with Crippen molar-refractivity contribution in [2.24, 2.45) is 0 Å². The van der Waals surface area contributed by atoms with Crippen LogP contribution in [0.3, 0.4) is 0 Å². The van der Waals surface area contributed by atoms with Crippen LogP contribution in [-0.4, -0.2) is 37.1 Å². The van der Waals surface area contributed by atoms with Gasteiger partial charge in [-0.05, 0) is 147 Å². The number of benzene rings is 8. The number of fused-ring (bicyclic) bond motifs is 10. The Labute approximate surface area is 400 Å². The van der Waals surface area contributed by atoms with Crippen LogP contribution in [0.2, 0.25) is 0 Å². The third-order valence-electron chi connectivity index (χ3n) is 14.6. The Bertz CT molecular complexity index is 3580. The second-order valence-corrected chi connectivity index (χ2v) is 18.1. The fourth-order valence-electron chi connectivity index (χ4n) is 11.5. The molecule has 18 heteroatoms. The summed E-state index contributed by atoms with van der Waals surface area (Å²) in [6, 6.07) is 27.0. The molecule has 3 aliphatic carbocycles. The highest BCUT2D eigenvalue weighted by molar-refractivity contribution is 5.93. The van der Waals surface area contributed by atoms with Crippen molar-refractivity contribution < 1.29 is 79.0 Å². The van der Waals surface area contributed by atoms with Gasteiger partial charge in [-0.15, -0.1) is 0 Å². The Hall–Kier alpha value is -7.24. The van der Waals surface area contributed by atoms with E-state index in [9.17, 15) is 26.3 Å². The Morgan fingerprint density at radius 1 is 0.205 bits per heavy atom. The second kappa shape index (κ2) is 14.9. The van der Waals surface area contributed by atoms with E-state index in [1.807, 2.05) is 0 Å². The lowest BCUT2D eigenvalue weighted by molar-refractivity contribution is -0.288. The molecule has 3 aliphatic rings. The van der Waals surface area contributed by atoms with Crippen LogP contribution < -0.4 is 0 Å². The van der Waals surface area contributed by atoms with Gasteiger partial charge in [0.1, 0.15) is 0 Å². The largest absolute Gasteiger partial charge is 0.411 e. The summed E-state index contributed by atoms with van der Waals surface area (Å²) in [7, 11) is 0. The summed E-state index contributed by atoms with van der Waals surface area (Å²) in [6.07, 6.45) is -37.1. The summed E-state index contributed by atoms with van der Waals surface area (Å²) in [4.78, 5) is 0. The molecule has 11 rings (SSSR count). The number of hydrogen-bond donors (Lipinski definition) is 0. The average Bonchev–Trinajstić information content (AvgIpc) is 3.91. The molecule has 0 saturated heterocycles. The van der Waals surface area contributed by atoms with Crippen molar-refractivity contribution in [3.05, 3.63) is 191 Å². The smallest absolute Gasteiger partial charge is 0.169 e. The first kappa shape index (κ1) is 48.1. The fourth-order valence-corrected chi connectivity index (χ4v) is 11.5. The molecule has 372 valence electrons. The summed E-state index contributed by atoms with van der Waals surface area (Å²) in [5.41, 5.74) is -28.5. The van der Waals surface area contributed by atoms with Crippen molar-refractivity contribution in [1.82, 2.24) is 0 Å². The molecule has 0 fully saturated rings. The van der Waals surface area contributed by atoms with Gasteiger partial charge >= 0.3 is 37.1 Å². The molecule has 0 aromatic heterocycles. The molecule has 0 aliphatic heterocycles. The highest BCUT2D eigenvalue weighted by Crippen LogP contribution is 2.68. The van der Waals surface area contributed by atoms with Crippen LogP contribution in [0.4, 0.5) is 79.0 Å². The zero-order chi connectivity index (χ0) is 52.4. The van der Waals surface area contributed by atoms with E-state index in [0.717, 1.165) is 78.2 Å². The maximum Gasteiger partial charge on any atom is 0.411 e. The standard InChI is InChI=1S/C55H26F18/c56-50(57,58)47(51(59,60)61)41-8-4-3-7-35(41)36-16-12-31(23-42(36)47)32-13-18-39-40-20-15-34(26-46(40)49(45(39)24-32,54(68,69)70)55(71,72)73)33-14-19-38-37-17-11-30(29-10-9-27-5-1-2-6-28(27)21-29)22-43(37)48(44(38)25-33,52(62,63)64)53(65,66)67/h1-26H. The zero-order valence-corrected chi connectivity index (χ0v) is 36.3. The van der Waals surface area contributed by atoms with Crippen molar-refractivity contribution in [1.29, 1.82) is 0 Å². The van der Waals surface area contributed by atoms with Gasteiger partial charge in [-0.25, -0.2) is 0 Å². The van der Waals surface area contributed by atoms with E-state index < -0.39 is 142 Å². The van der Waals surface area contributed by atoms with Gasteiger partial charge in [-0.1, -0.05) is 121 Å². The molecule has 73 heavy (non-hydrogen) atoms. The van der Waals surface area contributed by atoms with Crippen molar-refractivity contribution >= 4 is 10.8 Å². The number of rotatable bonds is 3. The molecule has 0 amide bonds. The van der Waals surface area contributed by atoms with Gasteiger partial charge < -0.3 is 0 Å². The minimum absolute atomic E-state index is 0.0233. The van der Waals surface area contributed by atoms with Crippen LogP contribution in [0.5, 0.6) is 0 Å². The van der Waals surface area contributed by atoms with Crippen LogP contribution in [0.1, 0.15) is 33.4 Å². The van der Waals surface area contributed by atoms with E-state index in [-0.39, 0.29) is 11.1 Å². The van der Waals surface area contributed by atoms with Gasteiger partial charge in [0.2, 0.25) is 16.2 Å². The van der Waals surface area contributed by atoms with Crippen LogP contribution >= 0.6 is 0 Å². The highest BCUT2D eigenvalue weighted by Gasteiger charge is 2.78. The van der Waals surface area contributed by atoms with Crippen LogP contribution in [0.15, 0.2) is 158 Å². The lowest BCUT2D eigenvalue weighted by atomic mass is 9.74.